The van der Waals surface area contributed by atoms with Crippen molar-refractivity contribution >= 4 is 9.84 Å². The molecule has 0 aliphatic carbocycles. The minimum absolute atomic E-state index is 0.268. The molecule has 0 aliphatic heterocycles. The summed E-state index contributed by atoms with van der Waals surface area (Å²) in [6.07, 6.45) is -1.16. The lowest BCUT2D eigenvalue weighted by Crippen LogP contribution is -2.17. The molecule has 0 saturated carbocycles. The maximum absolute atomic E-state index is 12.2. The molecule has 0 bridgehead atoms. The maximum atomic E-state index is 12.2. The van der Waals surface area contributed by atoms with Crippen molar-refractivity contribution in [1.82, 2.24) is 5.16 Å². The van der Waals surface area contributed by atoms with Crippen LogP contribution in [0.4, 0.5) is 0 Å². The summed E-state index contributed by atoms with van der Waals surface area (Å²) in [5.41, 5.74) is 1.71. The van der Waals surface area contributed by atoms with Gasteiger partial charge in [-0.3, -0.25) is 0 Å². The second-order valence-corrected chi connectivity index (χ2v) is 7.35. The quantitative estimate of drug-likeness (QED) is 0.873. The predicted octanol–water partition coefficient (Wildman–Crippen LogP) is 1.95. The first-order valence-electron chi connectivity index (χ1n) is 6.76. The summed E-state index contributed by atoms with van der Waals surface area (Å²) < 4.78 is 34.4. The highest BCUT2D eigenvalue weighted by Crippen LogP contribution is 2.27. The van der Waals surface area contributed by atoms with Gasteiger partial charge in [-0.25, -0.2) is 8.42 Å². The highest BCUT2D eigenvalue weighted by molar-refractivity contribution is 7.90. The highest BCUT2D eigenvalue weighted by atomic mass is 32.2. The molecule has 0 aliphatic rings. The van der Waals surface area contributed by atoms with Gasteiger partial charge in [0.05, 0.1) is 30.4 Å². The van der Waals surface area contributed by atoms with E-state index >= 15 is 0 Å². The van der Waals surface area contributed by atoms with E-state index < -0.39 is 21.7 Å². The largest absolute Gasteiger partial charge is 0.496 e. The fraction of sp³-hybridized carbons (Fsp3) is 0.400. The third-order valence-corrected chi connectivity index (χ3v) is 4.76. The van der Waals surface area contributed by atoms with Gasteiger partial charge in [-0.15, -0.1) is 0 Å². The number of aliphatic hydroxyl groups is 1. The number of ether oxygens (including phenoxy) is 1. The number of hydrogen-bond acceptors (Lipinski definition) is 6. The fourth-order valence-corrected chi connectivity index (χ4v) is 3.58. The zero-order valence-corrected chi connectivity index (χ0v) is 13.6. The van der Waals surface area contributed by atoms with Gasteiger partial charge in [0.1, 0.15) is 11.5 Å². The lowest BCUT2D eigenvalue weighted by atomic mass is 10.1. The molecule has 1 aromatic heterocycles. The molecule has 0 fully saturated rings. The van der Waals surface area contributed by atoms with Crippen molar-refractivity contribution in [3.8, 4) is 5.75 Å². The summed E-state index contributed by atoms with van der Waals surface area (Å²) >= 11 is 0. The van der Waals surface area contributed by atoms with E-state index in [9.17, 15) is 13.5 Å². The molecule has 7 heteroatoms. The third kappa shape index (κ3) is 4.08. The molecule has 1 aromatic carbocycles. The van der Waals surface area contributed by atoms with Crippen LogP contribution in [0.1, 0.15) is 28.7 Å². The zero-order valence-electron chi connectivity index (χ0n) is 12.7. The van der Waals surface area contributed by atoms with Crippen LogP contribution in [-0.2, 0) is 15.6 Å². The Labute approximate surface area is 129 Å². The maximum Gasteiger partial charge on any atom is 0.159 e. The number of aryl methyl sites for hydroxylation is 2. The highest BCUT2D eigenvalue weighted by Gasteiger charge is 2.23. The Kier molecular flexibility index (Phi) is 4.87. The average molecular weight is 325 g/mol. The van der Waals surface area contributed by atoms with Crippen LogP contribution in [0.15, 0.2) is 28.8 Å². The standard InChI is InChI=1S/C15H19NO5S/c1-10-4-5-15(20-3)13(6-10)14(17)9-22(18,19)8-12-7-11(2)21-16-12/h4-7,14,17H,8-9H2,1-3H3/t14-/m0/s1. The number of aromatic nitrogens is 1. The summed E-state index contributed by atoms with van der Waals surface area (Å²) in [5, 5.41) is 13.9. The van der Waals surface area contributed by atoms with Gasteiger partial charge in [-0.05, 0) is 26.0 Å². The normalized spacial score (nSPS) is 13.1. The van der Waals surface area contributed by atoms with Crippen molar-refractivity contribution < 1.29 is 22.8 Å². The summed E-state index contributed by atoms with van der Waals surface area (Å²) in [4.78, 5) is 0. The molecule has 1 N–H and O–H groups in total. The topological polar surface area (TPSA) is 89.6 Å². The summed E-state index contributed by atoms with van der Waals surface area (Å²) in [6.45, 7) is 3.55. The van der Waals surface area contributed by atoms with E-state index in [-0.39, 0.29) is 5.75 Å². The Morgan fingerprint density at radius 1 is 1.32 bits per heavy atom. The van der Waals surface area contributed by atoms with Crippen LogP contribution in [0.25, 0.3) is 0 Å². The second kappa shape index (κ2) is 6.50. The molecular weight excluding hydrogens is 306 g/mol. The van der Waals surface area contributed by atoms with Crippen LogP contribution < -0.4 is 4.74 Å². The van der Waals surface area contributed by atoms with Gasteiger partial charge >= 0.3 is 0 Å². The molecule has 22 heavy (non-hydrogen) atoms. The fourth-order valence-electron chi connectivity index (χ4n) is 2.21. The van der Waals surface area contributed by atoms with Crippen LogP contribution in [0.5, 0.6) is 5.75 Å². The van der Waals surface area contributed by atoms with Crippen molar-refractivity contribution in [2.75, 3.05) is 12.9 Å². The third-order valence-electron chi connectivity index (χ3n) is 3.20. The van der Waals surface area contributed by atoms with Gasteiger partial charge in [0.15, 0.2) is 9.84 Å². The number of methoxy groups -OCH3 is 1. The summed E-state index contributed by atoms with van der Waals surface area (Å²) in [7, 11) is -2.05. The number of sulfone groups is 1. The molecular formula is C15H19NO5S. The molecule has 1 heterocycles. The van der Waals surface area contributed by atoms with Crippen LogP contribution in [-0.4, -0.2) is 31.5 Å². The summed E-state index contributed by atoms with van der Waals surface area (Å²) in [5.74, 6) is 0.338. The average Bonchev–Trinajstić information content (AvgIpc) is 2.82. The van der Waals surface area contributed by atoms with Crippen molar-refractivity contribution in [1.29, 1.82) is 0 Å². The van der Waals surface area contributed by atoms with Crippen molar-refractivity contribution in [3.63, 3.8) is 0 Å². The van der Waals surface area contributed by atoms with Gasteiger partial charge in [0.25, 0.3) is 0 Å². The zero-order chi connectivity index (χ0) is 16.3. The minimum atomic E-state index is -3.53. The Morgan fingerprint density at radius 2 is 2.05 bits per heavy atom. The second-order valence-electron chi connectivity index (χ2n) is 5.24. The van der Waals surface area contributed by atoms with Gasteiger partial charge < -0.3 is 14.4 Å². The number of benzene rings is 1. The monoisotopic (exact) mass is 325 g/mol. The molecule has 120 valence electrons. The smallest absolute Gasteiger partial charge is 0.159 e. The Morgan fingerprint density at radius 3 is 2.64 bits per heavy atom. The van der Waals surface area contributed by atoms with E-state index in [0.717, 1.165) is 5.56 Å². The SMILES string of the molecule is COc1ccc(C)cc1[C@@H](O)CS(=O)(=O)Cc1cc(C)on1. The molecule has 0 spiro atoms. The van der Waals surface area contributed by atoms with Crippen LogP contribution in [0.3, 0.4) is 0 Å². The van der Waals surface area contributed by atoms with Crippen molar-refractivity contribution in [2.45, 2.75) is 25.7 Å². The Balaban J connectivity index is 2.17. The van der Waals surface area contributed by atoms with E-state index in [1.807, 2.05) is 13.0 Å². The first-order valence-corrected chi connectivity index (χ1v) is 8.58. The van der Waals surface area contributed by atoms with Gasteiger partial charge in [-0.1, -0.05) is 16.8 Å². The Hall–Kier alpha value is -1.86. The van der Waals surface area contributed by atoms with Gasteiger partial charge in [0.2, 0.25) is 0 Å². The molecule has 0 saturated heterocycles. The molecule has 1 atom stereocenters. The van der Waals surface area contributed by atoms with E-state index in [1.54, 1.807) is 25.1 Å². The molecule has 0 unspecified atom stereocenters. The number of nitrogens with zero attached hydrogens (tertiary/aromatic N) is 1. The molecule has 0 radical (unpaired) electrons. The first-order chi connectivity index (χ1) is 10.3. The van der Waals surface area contributed by atoms with E-state index in [1.165, 1.54) is 7.11 Å². The predicted molar refractivity (Wildman–Crippen MR) is 81.4 cm³/mol. The minimum Gasteiger partial charge on any atom is -0.496 e. The molecule has 0 amide bonds. The lowest BCUT2D eigenvalue weighted by Gasteiger charge is -2.15. The van der Waals surface area contributed by atoms with Crippen molar-refractivity contribution in [3.05, 3.63) is 46.8 Å². The van der Waals surface area contributed by atoms with Crippen LogP contribution in [0, 0.1) is 13.8 Å². The molecule has 2 rings (SSSR count). The Bertz CT molecular complexity index is 751. The number of rotatable bonds is 6. The van der Waals surface area contributed by atoms with Crippen LogP contribution in [0.2, 0.25) is 0 Å². The van der Waals surface area contributed by atoms with Crippen molar-refractivity contribution in [2.24, 2.45) is 0 Å². The lowest BCUT2D eigenvalue weighted by molar-refractivity contribution is 0.196. The van der Waals surface area contributed by atoms with Crippen LogP contribution >= 0.6 is 0 Å². The van der Waals surface area contributed by atoms with E-state index in [4.69, 9.17) is 9.26 Å². The molecule has 6 nitrogen and oxygen atoms in total. The van der Waals surface area contributed by atoms with Gasteiger partial charge in [0, 0.05) is 11.6 Å². The van der Waals surface area contributed by atoms with Gasteiger partial charge in [-0.2, -0.15) is 0 Å². The molecule has 2 aromatic rings. The van der Waals surface area contributed by atoms with E-state index in [2.05, 4.69) is 5.16 Å². The summed E-state index contributed by atoms with van der Waals surface area (Å²) in [6, 6.07) is 6.83. The van der Waals surface area contributed by atoms with E-state index in [0.29, 0.717) is 22.8 Å². The number of hydrogen-bond donors (Lipinski definition) is 1. The first kappa shape index (κ1) is 16.5. The number of aliphatic hydroxyl groups excluding tert-OH is 1.